The number of carboxylic acid groups (broad SMARTS) is 1. The zero-order valence-electron chi connectivity index (χ0n) is 39.3. The number of nitrogens with one attached hydrogen (secondary N) is 3. The quantitative estimate of drug-likeness (QED) is 0.0587. The van der Waals surface area contributed by atoms with Crippen LogP contribution in [0, 0.1) is 17.8 Å². The molecule has 2 aliphatic heterocycles. The first-order valence-electron chi connectivity index (χ1n) is 23.1. The highest BCUT2D eigenvalue weighted by atomic mass is 32.1. The van der Waals surface area contributed by atoms with Gasteiger partial charge in [0.15, 0.2) is 12.8 Å². The van der Waals surface area contributed by atoms with E-state index in [4.69, 9.17) is 14.2 Å². The number of hydrogen-bond donors (Lipinski definition) is 4. The molecule has 1 aromatic carbocycles. The van der Waals surface area contributed by atoms with E-state index >= 15 is 0 Å². The standard InChI is InChI=1S/C47H70N6O11S/c1-9-14-40(55)62-27-53(45(58)41(29(5)10-2)51-43(57)37-16-11-12-22-52(37)8)38(28(3)4)25-39(63-31(7)54)44-50-36(26-65-44)42(56)49-33(23-30(6)46(59)60)24-32-17-19-34(20-18-32)64-47(61)35-15-13-21-48-35/h17-20,26,28-30,33,35,37-39,41,48H,9-16,21-25,27H2,1-8H3,(H,49,56)(H,51,57)(H,59,60). The second kappa shape index (κ2) is 25.7. The maximum Gasteiger partial charge on any atom is 0.328 e. The number of carbonyl (C=O) groups excluding carboxylic acids is 6. The van der Waals surface area contributed by atoms with E-state index in [0.717, 1.165) is 49.3 Å². The molecule has 2 fully saturated rings. The SMILES string of the molecule is CCCC(=O)OCN(C(=O)C(NC(=O)C1CCCCN1C)C(C)CC)C(CC(OC(C)=O)c1nc(C(=O)NC(Cc2ccc(OC(=O)C3CCCN3)cc2)CC(C)C(=O)O)cs1)C(C)C. The highest BCUT2D eigenvalue weighted by Crippen LogP contribution is 2.32. The van der Waals surface area contributed by atoms with Gasteiger partial charge in [0, 0.05) is 37.2 Å². The van der Waals surface area contributed by atoms with Crippen LogP contribution < -0.4 is 20.7 Å². The van der Waals surface area contributed by atoms with Crippen LogP contribution in [0.1, 0.15) is 140 Å². The van der Waals surface area contributed by atoms with E-state index in [9.17, 15) is 38.7 Å². The fourth-order valence-corrected chi connectivity index (χ4v) is 9.05. The summed E-state index contributed by atoms with van der Waals surface area (Å²) in [5.41, 5.74) is 0.795. The number of aromatic nitrogens is 1. The maximum atomic E-state index is 14.8. The fourth-order valence-electron chi connectivity index (χ4n) is 8.21. The van der Waals surface area contributed by atoms with Crippen LogP contribution in [0.2, 0.25) is 0 Å². The fraction of sp³-hybridized carbons (Fsp3) is 0.660. The second-order valence-corrected chi connectivity index (χ2v) is 18.7. The zero-order chi connectivity index (χ0) is 47.8. The van der Waals surface area contributed by atoms with Crippen LogP contribution in [0.4, 0.5) is 0 Å². The maximum absolute atomic E-state index is 14.8. The van der Waals surface area contributed by atoms with Crippen molar-refractivity contribution in [3.8, 4) is 5.75 Å². The Morgan fingerprint density at radius 2 is 1.71 bits per heavy atom. The number of esters is 3. The van der Waals surface area contributed by atoms with E-state index in [2.05, 4.69) is 20.9 Å². The van der Waals surface area contributed by atoms with E-state index in [1.807, 2.05) is 46.6 Å². The van der Waals surface area contributed by atoms with Crippen molar-refractivity contribution in [2.24, 2.45) is 17.8 Å². The molecule has 360 valence electrons. The predicted octanol–water partition coefficient (Wildman–Crippen LogP) is 5.42. The first-order valence-corrected chi connectivity index (χ1v) is 24.0. The Balaban J connectivity index is 1.58. The van der Waals surface area contributed by atoms with Gasteiger partial charge in [-0.1, -0.05) is 66.5 Å². The Kier molecular flexibility index (Phi) is 20.8. The van der Waals surface area contributed by atoms with Gasteiger partial charge in [0.2, 0.25) is 11.8 Å². The van der Waals surface area contributed by atoms with Gasteiger partial charge < -0.3 is 40.2 Å². The van der Waals surface area contributed by atoms with Crippen molar-refractivity contribution in [2.75, 3.05) is 26.9 Å². The van der Waals surface area contributed by atoms with E-state index in [0.29, 0.717) is 31.4 Å². The molecular formula is C47H70N6O11S. The van der Waals surface area contributed by atoms with Crippen LogP contribution in [0.5, 0.6) is 5.75 Å². The van der Waals surface area contributed by atoms with Gasteiger partial charge in [0.1, 0.15) is 28.5 Å². The number of amides is 3. The van der Waals surface area contributed by atoms with Crippen molar-refractivity contribution in [3.63, 3.8) is 0 Å². The highest BCUT2D eigenvalue weighted by molar-refractivity contribution is 7.09. The largest absolute Gasteiger partial charge is 0.481 e. The molecule has 2 aromatic rings. The number of likely N-dealkylation sites (tertiary alicyclic amines) is 1. The monoisotopic (exact) mass is 926 g/mol. The summed E-state index contributed by atoms with van der Waals surface area (Å²) in [5.74, 6) is -4.70. The summed E-state index contributed by atoms with van der Waals surface area (Å²) in [5, 5.41) is 20.7. The molecule has 4 N–H and O–H groups in total. The van der Waals surface area contributed by atoms with Gasteiger partial charge >= 0.3 is 23.9 Å². The molecule has 1 aromatic heterocycles. The summed E-state index contributed by atoms with van der Waals surface area (Å²) >= 11 is 1.09. The number of rotatable bonds is 24. The number of ether oxygens (including phenoxy) is 3. The molecule has 17 nitrogen and oxygen atoms in total. The predicted molar refractivity (Wildman–Crippen MR) is 244 cm³/mol. The van der Waals surface area contributed by atoms with Crippen molar-refractivity contribution in [1.82, 2.24) is 30.7 Å². The van der Waals surface area contributed by atoms with Gasteiger partial charge in [-0.25, -0.2) is 9.78 Å². The van der Waals surface area contributed by atoms with Crippen molar-refractivity contribution < 1.29 is 52.9 Å². The van der Waals surface area contributed by atoms with Crippen LogP contribution in [-0.2, 0) is 44.7 Å². The number of thiazole rings is 1. The topological polar surface area (TPSA) is 223 Å². The van der Waals surface area contributed by atoms with Crippen LogP contribution >= 0.6 is 11.3 Å². The van der Waals surface area contributed by atoms with Crippen LogP contribution in [0.3, 0.4) is 0 Å². The molecule has 0 saturated carbocycles. The van der Waals surface area contributed by atoms with E-state index in [1.54, 1.807) is 31.2 Å². The summed E-state index contributed by atoms with van der Waals surface area (Å²) in [6.07, 6.45) is 4.79. The van der Waals surface area contributed by atoms with Gasteiger partial charge in [0.25, 0.3) is 5.91 Å². The van der Waals surface area contributed by atoms with Crippen LogP contribution in [-0.4, -0.2) is 119 Å². The smallest absolute Gasteiger partial charge is 0.328 e. The molecule has 0 radical (unpaired) electrons. The van der Waals surface area contributed by atoms with E-state index in [-0.39, 0.29) is 72.2 Å². The Bertz CT molecular complexity index is 1920. The number of hydrogen-bond acceptors (Lipinski definition) is 14. The van der Waals surface area contributed by atoms with Gasteiger partial charge in [-0.3, -0.25) is 33.7 Å². The minimum atomic E-state index is -1.03. The molecule has 3 amide bonds. The average molecular weight is 927 g/mol. The highest BCUT2D eigenvalue weighted by Gasteiger charge is 2.39. The molecule has 18 heteroatoms. The number of carboxylic acids is 1. The lowest BCUT2D eigenvalue weighted by atomic mass is 9.92. The van der Waals surface area contributed by atoms with E-state index in [1.165, 1.54) is 17.2 Å². The van der Waals surface area contributed by atoms with Crippen LogP contribution in [0.15, 0.2) is 29.6 Å². The number of aliphatic carboxylic acids is 1. The van der Waals surface area contributed by atoms with Crippen molar-refractivity contribution in [2.45, 2.75) is 155 Å². The molecule has 3 heterocycles. The summed E-state index contributed by atoms with van der Waals surface area (Å²) in [6.45, 7) is 13.4. The van der Waals surface area contributed by atoms with E-state index < -0.39 is 66.6 Å². The molecule has 0 spiro atoms. The van der Waals surface area contributed by atoms with Gasteiger partial charge in [0.05, 0.1) is 12.0 Å². The minimum Gasteiger partial charge on any atom is -0.481 e. The number of piperidine rings is 1. The third-order valence-corrected chi connectivity index (χ3v) is 13.2. The number of carbonyl (C=O) groups is 7. The molecule has 4 rings (SSSR count). The van der Waals surface area contributed by atoms with Gasteiger partial charge in [-0.05, 0) is 94.6 Å². The first-order chi connectivity index (χ1) is 30.9. The third kappa shape index (κ3) is 15.9. The van der Waals surface area contributed by atoms with Crippen molar-refractivity contribution in [1.29, 1.82) is 0 Å². The summed E-state index contributed by atoms with van der Waals surface area (Å²) in [6, 6.07) is 3.85. The van der Waals surface area contributed by atoms with Gasteiger partial charge in [-0.2, -0.15) is 0 Å². The molecule has 8 unspecified atom stereocenters. The Morgan fingerprint density at radius 1 is 0.985 bits per heavy atom. The molecule has 2 aliphatic rings. The second-order valence-electron chi connectivity index (χ2n) is 17.8. The number of likely N-dealkylation sites (N-methyl/N-ethyl adjacent to an activating group) is 1. The lowest BCUT2D eigenvalue weighted by Gasteiger charge is -2.39. The molecule has 2 saturated heterocycles. The lowest BCUT2D eigenvalue weighted by Crippen LogP contribution is -2.59. The van der Waals surface area contributed by atoms with Crippen LogP contribution in [0.25, 0.3) is 0 Å². The van der Waals surface area contributed by atoms with Gasteiger partial charge in [-0.15, -0.1) is 11.3 Å². The molecule has 65 heavy (non-hydrogen) atoms. The summed E-state index contributed by atoms with van der Waals surface area (Å²) in [4.78, 5) is 100. The number of benzene rings is 1. The van der Waals surface area contributed by atoms with Crippen molar-refractivity contribution in [3.05, 3.63) is 45.9 Å². The minimum absolute atomic E-state index is 0.0210. The summed E-state index contributed by atoms with van der Waals surface area (Å²) < 4.78 is 17.1. The normalized spacial score (nSPS) is 19.2. The molecule has 8 atom stereocenters. The van der Waals surface area contributed by atoms with Crippen molar-refractivity contribution >= 4 is 52.9 Å². The number of nitrogens with zero attached hydrogens (tertiary/aromatic N) is 3. The molecule has 0 bridgehead atoms. The Morgan fingerprint density at radius 3 is 2.31 bits per heavy atom. The summed E-state index contributed by atoms with van der Waals surface area (Å²) in [7, 11) is 1.90. The third-order valence-electron chi connectivity index (χ3n) is 12.3. The zero-order valence-corrected chi connectivity index (χ0v) is 40.1. The molecule has 0 aliphatic carbocycles. The molecular weight excluding hydrogens is 857 g/mol. The Hall–Kier alpha value is -4.94. The average Bonchev–Trinajstić information content (AvgIpc) is 3.99. The Labute approximate surface area is 387 Å². The first kappa shape index (κ1) is 52.7. The lowest BCUT2D eigenvalue weighted by molar-refractivity contribution is -0.160.